The van der Waals surface area contributed by atoms with Gasteiger partial charge in [0, 0.05) is 23.1 Å². The van der Waals surface area contributed by atoms with Crippen LogP contribution in [0, 0.1) is 0 Å². The van der Waals surface area contributed by atoms with Crippen LogP contribution in [-0.4, -0.2) is 25.2 Å². The molecule has 0 bridgehead atoms. The Balaban J connectivity index is 2.68. The molecule has 0 N–H and O–H groups in total. The van der Waals surface area contributed by atoms with E-state index in [0.29, 0.717) is 6.29 Å². The van der Waals surface area contributed by atoms with Crippen molar-refractivity contribution in [2.45, 2.75) is 6.18 Å². The lowest BCUT2D eigenvalue weighted by Gasteiger charge is -2.15. The lowest BCUT2D eigenvalue weighted by atomic mass is 10.1. The standard InChI is InChI=1S/C15H10ClF3N4O3/c1-25-7-26-12-5-9(15(17,18)19)2-3-10(12)13-11(16)4-8(6-24)14(21-13)22-23-20/h2-6H,7H2,1H3. The van der Waals surface area contributed by atoms with Crippen molar-refractivity contribution in [2.24, 2.45) is 5.11 Å². The van der Waals surface area contributed by atoms with Crippen LogP contribution in [0.5, 0.6) is 5.75 Å². The molecule has 1 heterocycles. The third-order valence-electron chi connectivity index (χ3n) is 3.15. The second kappa shape index (κ2) is 8.05. The molecular formula is C15H10ClF3N4O3. The van der Waals surface area contributed by atoms with Gasteiger partial charge in [-0.05, 0) is 34.9 Å². The number of carbonyl (C=O) groups excluding carboxylic acids is 1. The van der Waals surface area contributed by atoms with E-state index in [1.54, 1.807) is 0 Å². The number of hydrogen-bond donors (Lipinski definition) is 0. The number of nitrogens with zero attached hydrogens (tertiary/aromatic N) is 4. The van der Waals surface area contributed by atoms with Gasteiger partial charge in [-0.15, -0.1) is 0 Å². The molecule has 136 valence electrons. The SMILES string of the molecule is COCOc1cc(C(F)(F)F)ccc1-c1nc(N=[N+]=[N-])c(C=O)cc1Cl. The predicted molar refractivity (Wildman–Crippen MR) is 86.4 cm³/mol. The van der Waals surface area contributed by atoms with Gasteiger partial charge in [-0.25, -0.2) is 4.98 Å². The van der Waals surface area contributed by atoms with Gasteiger partial charge in [-0.2, -0.15) is 13.2 Å². The second-order valence-electron chi connectivity index (χ2n) is 4.80. The van der Waals surface area contributed by atoms with Crippen molar-refractivity contribution in [2.75, 3.05) is 13.9 Å². The highest BCUT2D eigenvalue weighted by atomic mass is 35.5. The Morgan fingerprint density at radius 3 is 2.69 bits per heavy atom. The molecule has 0 spiro atoms. The zero-order valence-electron chi connectivity index (χ0n) is 13.1. The van der Waals surface area contributed by atoms with Crippen molar-refractivity contribution in [3.8, 4) is 17.0 Å². The van der Waals surface area contributed by atoms with Crippen LogP contribution in [0.15, 0.2) is 29.4 Å². The number of carbonyl (C=O) groups is 1. The summed E-state index contributed by atoms with van der Waals surface area (Å²) in [5.41, 5.74) is 7.65. The molecule has 0 amide bonds. The summed E-state index contributed by atoms with van der Waals surface area (Å²) in [6, 6.07) is 3.91. The number of azide groups is 1. The minimum absolute atomic E-state index is 0.0144. The first kappa shape index (κ1) is 19.5. The fourth-order valence-electron chi connectivity index (χ4n) is 2.03. The first-order chi connectivity index (χ1) is 12.3. The first-order valence-electron chi connectivity index (χ1n) is 6.86. The number of pyridine rings is 1. The van der Waals surface area contributed by atoms with Crippen molar-refractivity contribution in [1.29, 1.82) is 0 Å². The average Bonchev–Trinajstić information content (AvgIpc) is 2.60. The number of aldehydes is 1. The topological polar surface area (TPSA) is 97.2 Å². The molecule has 0 fully saturated rings. The number of aromatic nitrogens is 1. The quantitative estimate of drug-likeness (QED) is 0.225. The molecule has 0 atom stereocenters. The van der Waals surface area contributed by atoms with Crippen molar-refractivity contribution in [1.82, 2.24) is 4.98 Å². The molecule has 1 aromatic heterocycles. The van der Waals surface area contributed by atoms with E-state index < -0.39 is 11.7 Å². The molecule has 0 radical (unpaired) electrons. The normalized spacial score (nSPS) is 11.0. The predicted octanol–water partition coefficient (Wildman–Crippen LogP) is 5.16. The molecule has 0 aliphatic heterocycles. The fourth-order valence-corrected chi connectivity index (χ4v) is 2.29. The largest absolute Gasteiger partial charge is 0.467 e. The van der Waals surface area contributed by atoms with Gasteiger partial charge < -0.3 is 9.47 Å². The summed E-state index contributed by atoms with van der Waals surface area (Å²) in [4.78, 5) is 17.6. The molecule has 7 nitrogen and oxygen atoms in total. The Bertz CT molecular complexity index is 883. The number of hydrogen-bond acceptors (Lipinski definition) is 5. The maximum absolute atomic E-state index is 12.9. The highest BCUT2D eigenvalue weighted by Gasteiger charge is 2.31. The fraction of sp³-hybridized carbons (Fsp3) is 0.200. The van der Waals surface area contributed by atoms with Gasteiger partial charge in [0.1, 0.15) is 11.6 Å². The zero-order chi connectivity index (χ0) is 19.3. The molecule has 11 heteroatoms. The van der Waals surface area contributed by atoms with Gasteiger partial charge in [0.15, 0.2) is 13.1 Å². The summed E-state index contributed by atoms with van der Waals surface area (Å²) in [7, 11) is 1.30. The van der Waals surface area contributed by atoms with Crippen LogP contribution < -0.4 is 4.74 Å². The molecule has 0 aliphatic carbocycles. The summed E-state index contributed by atoms with van der Waals surface area (Å²) in [6.45, 7) is -0.318. The molecule has 0 aliphatic rings. The van der Waals surface area contributed by atoms with E-state index >= 15 is 0 Å². The zero-order valence-corrected chi connectivity index (χ0v) is 13.9. The number of methoxy groups -OCH3 is 1. The van der Waals surface area contributed by atoms with Crippen LogP contribution in [0.4, 0.5) is 19.0 Å². The molecule has 26 heavy (non-hydrogen) atoms. The molecule has 0 unspecified atom stereocenters. The van der Waals surface area contributed by atoms with E-state index in [2.05, 4.69) is 15.0 Å². The molecular weight excluding hydrogens is 377 g/mol. The van der Waals surface area contributed by atoms with Gasteiger partial charge in [-0.3, -0.25) is 4.79 Å². The smallest absolute Gasteiger partial charge is 0.416 e. The maximum Gasteiger partial charge on any atom is 0.416 e. The Morgan fingerprint density at radius 1 is 1.38 bits per heavy atom. The van der Waals surface area contributed by atoms with Crippen LogP contribution in [-0.2, 0) is 10.9 Å². The third kappa shape index (κ3) is 4.23. The maximum atomic E-state index is 12.9. The molecule has 0 saturated heterocycles. The van der Waals surface area contributed by atoms with Crippen molar-refractivity contribution < 1.29 is 27.4 Å². The van der Waals surface area contributed by atoms with Gasteiger partial charge in [0.2, 0.25) is 0 Å². The van der Waals surface area contributed by atoms with Gasteiger partial charge >= 0.3 is 6.18 Å². The van der Waals surface area contributed by atoms with Crippen LogP contribution >= 0.6 is 11.6 Å². The van der Waals surface area contributed by atoms with Gasteiger partial charge in [0.25, 0.3) is 0 Å². The van der Waals surface area contributed by atoms with E-state index in [9.17, 15) is 18.0 Å². The first-order valence-corrected chi connectivity index (χ1v) is 7.23. The molecule has 0 saturated carbocycles. The van der Waals surface area contributed by atoms with Gasteiger partial charge in [0.05, 0.1) is 16.3 Å². The Labute approximate surface area is 149 Å². The minimum atomic E-state index is -4.58. The van der Waals surface area contributed by atoms with E-state index in [0.717, 1.165) is 18.2 Å². The average molecular weight is 387 g/mol. The minimum Gasteiger partial charge on any atom is -0.467 e. The number of ether oxygens (including phenoxy) is 2. The number of rotatable bonds is 6. The van der Waals surface area contributed by atoms with Crippen molar-refractivity contribution in [3.63, 3.8) is 0 Å². The molecule has 2 aromatic rings. The lowest BCUT2D eigenvalue weighted by Crippen LogP contribution is -2.07. The van der Waals surface area contributed by atoms with E-state index in [4.69, 9.17) is 26.6 Å². The lowest BCUT2D eigenvalue weighted by molar-refractivity contribution is -0.137. The number of halogens is 4. The summed E-state index contributed by atoms with van der Waals surface area (Å²) < 4.78 is 48.7. The Hall–Kier alpha value is -2.81. The monoisotopic (exact) mass is 386 g/mol. The van der Waals surface area contributed by atoms with E-state index in [1.165, 1.54) is 13.2 Å². The van der Waals surface area contributed by atoms with Gasteiger partial charge in [-0.1, -0.05) is 11.6 Å². The Kier molecular flexibility index (Phi) is 6.04. The van der Waals surface area contributed by atoms with Crippen molar-refractivity contribution in [3.05, 3.63) is 50.9 Å². The summed E-state index contributed by atoms with van der Waals surface area (Å²) in [5.74, 6) is -0.457. The molecule has 2 rings (SSSR count). The summed E-state index contributed by atoms with van der Waals surface area (Å²) >= 11 is 6.09. The van der Waals surface area contributed by atoms with E-state index in [-0.39, 0.29) is 40.2 Å². The number of alkyl halides is 3. The highest BCUT2D eigenvalue weighted by Crippen LogP contribution is 2.40. The second-order valence-corrected chi connectivity index (χ2v) is 5.21. The van der Waals surface area contributed by atoms with Crippen LogP contribution in [0.25, 0.3) is 21.7 Å². The Morgan fingerprint density at radius 2 is 2.12 bits per heavy atom. The summed E-state index contributed by atoms with van der Waals surface area (Å²) in [5, 5.41) is 3.25. The third-order valence-corrected chi connectivity index (χ3v) is 3.44. The van der Waals surface area contributed by atoms with Crippen LogP contribution in [0.3, 0.4) is 0 Å². The highest BCUT2D eigenvalue weighted by molar-refractivity contribution is 6.33. The summed E-state index contributed by atoms with van der Waals surface area (Å²) in [6.07, 6.45) is -4.19. The number of benzene rings is 1. The van der Waals surface area contributed by atoms with E-state index in [1.807, 2.05) is 0 Å². The van der Waals surface area contributed by atoms with Crippen LogP contribution in [0.2, 0.25) is 5.02 Å². The molecule has 1 aromatic carbocycles. The van der Waals surface area contributed by atoms with Crippen LogP contribution in [0.1, 0.15) is 15.9 Å². The van der Waals surface area contributed by atoms with Crippen molar-refractivity contribution >= 4 is 23.7 Å².